The molecule has 3 rings (SSSR count). The third kappa shape index (κ3) is 3.78. The minimum Gasteiger partial charge on any atom is -0.367 e. The van der Waals surface area contributed by atoms with Crippen LogP contribution in [-0.2, 0) is 15.1 Å². The Morgan fingerprint density at radius 2 is 2.00 bits per heavy atom. The molecule has 2 aliphatic rings. The molecule has 2 saturated heterocycles. The molecule has 0 saturated carbocycles. The number of carbonyl (C=O) groups is 2. The zero-order valence-electron chi connectivity index (χ0n) is 12.8. The zero-order chi connectivity index (χ0) is 16.4. The van der Waals surface area contributed by atoms with Crippen LogP contribution >= 0.6 is 35.6 Å². The lowest BCUT2D eigenvalue weighted by molar-refractivity contribution is -0.130. The average Bonchev–Trinajstić information content (AvgIpc) is 2.75. The van der Waals surface area contributed by atoms with Gasteiger partial charge in [0.2, 0.25) is 5.91 Å². The van der Waals surface area contributed by atoms with Crippen LogP contribution in [0.1, 0.15) is 12.0 Å². The molecule has 0 unspecified atom stereocenters. The molecule has 3 amide bonds. The molecular formula is C15H18Cl3N3O3. The SMILES string of the molecule is Cl.O=C1CNC(=O)N1C[C@@]1(c2ccc(Cl)c(Cl)c2)CCNCCO1. The number of ether oxygens (including phenoxy) is 1. The largest absolute Gasteiger partial charge is 0.367 e. The summed E-state index contributed by atoms with van der Waals surface area (Å²) in [5.41, 5.74) is 0.0119. The Kier molecular flexibility index (Phi) is 6.33. The van der Waals surface area contributed by atoms with E-state index in [1.807, 2.05) is 6.07 Å². The van der Waals surface area contributed by atoms with Gasteiger partial charge < -0.3 is 15.4 Å². The van der Waals surface area contributed by atoms with Crippen LogP contribution in [0.3, 0.4) is 0 Å². The van der Waals surface area contributed by atoms with E-state index in [1.165, 1.54) is 4.90 Å². The second-order valence-corrected chi connectivity index (χ2v) is 6.42. The molecule has 1 aromatic rings. The fraction of sp³-hybridized carbons (Fsp3) is 0.467. The summed E-state index contributed by atoms with van der Waals surface area (Å²) < 4.78 is 6.09. The molecule has 2 N–H and O–H groups in total. The molecule has 6 nitrogen and oxygen atoms in total. The predicted octanol–water partition coefficient (Wildman–Crippen LogP) is 2.17. The van der Waals surface area contributed by atoms with Crippen LogP contribution in [0.25, 0.3) is 0 Å². The molecule has 2 heterocycles. The lowest BCUT2D eigenvalue weighted by Crippen LogP contribution is -2.46. The predicted molar refractivity (Wildman–Crippen MR) is 93.9 cm³/mol. The number of amides is 3. The number of rotatable bonds is 3. The number of hydrogen-bond acceptors (Lipinski definition) is 4. The third-order valence-corrected chi connectivity index (χ3v) is 4.90. The van der Waals surface area contributed by atoms with E-state index < -0.39 is 11.6 Å². The van der Waals surface area contributed by atoms with Gasteiger partial charge in [0.05, 0.1) is 29.7 Å². The topological polar surface area (TPSA) is 70.7 Å². The summed E-state index contributed by atoms with van der Waals surface area (Å²) in [5, 5.41) is 6.66. The number of carbonyl (C=O) groups excluding carboxylic acids is 2. The molecule has 0 aliphatic carbocycles. The first-order valence-corrected chi connectivity index (χ1v) is 8.16. The van der Waals surface area contributed by atoms with E-state index in [9.17, 15) is 9.59 Å². The van der Waals surface area contributed by atoms with Gasteiger partial charge in [-0.3, -0.25) is 9.69 Å². The van der Waals surface area contributed by atoms with Gasteiger partial charge in [-0.25, -0.2) is 4.79 Å². The number of benzene rings is 1. The summed E-state index contributed by atoms with van der Waals surface area (Å²) in [5.74, 6) is -0.254. The van der Waals surface area contributed by atoms with Gasteiger partial charge in [0.25, 0.3) is 0 Å². The van der Waals surface area contributed by atoms with Gasteiger partial charge in [-0.1, -0.05) is 29.3 Å². The lowest BCUT2D eigenvalue weighted by Gasteiger charge is -2.35. The summed E-state index contributed by atoms with van der Waals surface area (Å²) in [6, 6.07) is 4.88. The smallest absolute Gasteiger partial charge is 0.324 e. The molecule has 132 valence electrons. The highest BCUT2D eigenvalue weighted by molar-refractivity contribution is 6.42. The van der Waals surface area contributed by atoms with E-state index in [4.69, 9.17) is 27.9 Å². The van der Waals surface area contributed by atoms with Crippen molar-refractivity contribution in [1.82, 2.24) is 15.5 Å². The molecule has 0 bridgehead atoms. The van der Waals surface area contributed by atoms with Crippen molar-refractivity contribution in [2.24, 2.45) is 0 Å². The normalized spacial score (nSPS) is 24.3. The van der Waals surface area contributed by atoms with E-state index in [-0.39, 0.29) is 31.4 Å². The highest BCUT2D eigenvalue weighted by atomic mass is 35.5. The molecular weight excluding hydrogens is 377 g/mol. The minimum absolute atomic E-state index is 0. The maximum absolute atomic E-state index is 12.0. The number of imide groups is 1. The molecule has 0 spiro atoms. The van der Waals surface area contributed by atoms with Crippen molar-refractivity contribution in [1.29, 1.82) is 0 Å². The van der Waals surface area contributed by atoms with Gasteiger partial charge in [-0.05, 0) is 30.7 Å². The molecule has 1 aromatic carbocycles. The van der Waals surface area contributed by atoms with Crippen molar-refractivity contribution in [3.05, 3.63) is 33.8 Å². The molecule has 0 radical (unpaired) electrons. The first-order valence-electron chi connectivity index (χ1n) is 7.40. The fourth-order valence-corrected chi connectivity index (χ4v) is 3.20. The number of halogens is 3. The summed E-state index contributed by atoms with van der Waals surface area (Å²) in [7, 11) is 0. The van der Waals surface area contributed by atoms with Crippen LogP contribution in [0.15, 0.2) is 18.2 Å². The number of hydrogen-bond donors (Lipinski definition) is 2. The lowest BCUT2D eigenvalue weighted by atomic mass is 9.89. The van der Waals surface area contributed by atoms with Crippen molar-refractivity contribution in [3.8, 4) is 0 Å². The molecule has 2 fully saturated rings. The summed E-state index contributed by atoms with van der Waals surface area (Å²) in [6.07, 6.45) is 0.613. The Labute approximate surface area is 156 Å². The molecule has 2 aliphatic heterocycles. The first-order chi connectivity index (χ1) is 11.0. The number of urea groups is 1. The van der Waals surface area contributed by atoms with Gasteiger partial charge in [0, 0.05) is 6.54 Å². The standard InChI is InChI=1S/C15H17Cl2N3O3.ClH/c16-11-2-1-10(7-12(11)17)15(3-4-18-5-6-23-15)9-20-13(21)8-19-14(20)22;/h1-2,7,18H,3-6,8-9H2,(H,19,22);1H/t15-;/m1./s1. The van der Waals surface area contributed by atoms with Crippen molar-refractivity contribution in [2.75, 3.05) is 32.8 Å². The quantitative estimate of drug-likeness (QED) is 0.771. The molecule has 24 heavy (non-hydrogen) atoms. The Balaban J connectivity index is 0.00000208. The van der Waals surface area contributed by atoms with Gasteiger partial charge in [0.1, 0.15) is 5.60 Å². The second-order valence-electron chi connectivity index (χ2n) is 5.61. The van der Waals surface area contributed by atoms with Crippen LogP contribution in [0.4, 0.5) is 4.79 Å². The molecule has 1 atom stereocenters. The van der Waals surface area contributed by atoms with E-state index in [0.717, 1.165) is 5.56 Å². The maximum atomic E-state index is 12.0. The minimum atomic E-state index is -0.797. The van der Waals surface area contributed by atoms with Crippen LogP contribution in [0.5, 0.6) is 0 Å². The van der Waals surface area contributed by atoms with Gasteiger partial charge in [-0.2, -0.15) is 0 Å². The maximum Gasteiger partial charge on any atom is 0.324 e. The van der Waals surface area contributed by atoms with E-state index >= 15 is 0 Å². The van der Waals surface area contributed by atoms with Gasteiger partial charge >= 0.3 is 6.03 Å². The Bertz CT molecular complexity index is 618. The van der Waals surface area contributed by atoms with Gasteiger partial charge in [-0.15, -0.1) is 12.4 Å². The van der Waals surface area contributed by atoms with Crippen molar-refractivity contribution < 1.29 is 14.3 Å². The monoisotopic (exact) mass is 393 g/mol. The number of nitrogens with zero attached hydrogens (tertiary/aromatic N) is 1. The molecule has 0 aromatic heterocycles. The zero-order valence-corrected chi connectivity index (χ0v) is 15.1. The van der Waals surface area contributed by atoms with E-state index in [2.05, 4.69) is 10.6 Å². The van der Waals surface area contributed by atoms with Crippen LogP contribution < -0.4 is 10.6 Å². The Morgan fingerprint density at radius 3 is 2.67 bits per heavy atom. The number of nitrogens with one attached hydrogen (secondary N) is 2. The fourth-order valence-electron chi connectivity index (χ4n) is 2.90. The summed E-state index contributed by atoms with van der Waals surface area (Å²) in [4.78, 5) is 25.1. The first kappa shape index (κ1) is 19.3. The average molecular weight is 395 g/mol. The summed E-state index contributed by atoms with van der Waals surface area (Å²) >= 11 is 12.1. The van der Waals surface area contributed by atoms with Crippen LogP contribution in [0, 0.1) is 0 Å². The van der Waals surface area contributed by atoms with Crippen LogP contribution in [0.2, 0.25) is 10.0 Å². The highest BCUT2D eigenvalue weighted by Gasteiger charge is 2.41. The van der Waals surface area contributed by atoms with Crippen molar-refractivity contribution in [2.45, 2.75) is 12.0 Å². The Hall–Kier alpha value is -1.05. The van der Waals surface area contributed by atoms with E-state index in [1.54, 1.807) is 12.1 Å². The van der Waals surface area contributed by atoms with Crippen LogP contribution in [-0.4, -0.2) is 49.6 Å². The molecule has 9 heteroatoms. The third-order valence-electron chi connectivity index (χ3n) is 4.16. The van der Waals surface area contributed by atoms with E-state index in [0.29, 0.717) is 36.2 Å². The van der Waals surface area contributed by atoms with Crippen molar-refractivity contribution >= 4 is 47.5 Å². The summed E-state index contributed by atoms with van der Waals surface area (Å²) in [6.45, 7) is 2.07. The second kappa shape index (κ2) is 7.89. The Morgan fingerprint density at radius 1 is 1.21 bits per heavy atom. The highest BCUT2D eigenvalue weighted by Crippen LogP contribution is 2.35. The van der Waals surface area contributed by atoms with Gasteiger partial charge in [0.15, 0.2) is 0 Å². The van der Waals surface area contributed by atoms with Crippen molar-refractivity contribution in [3.63, 3.8) is 0 Å².